The molecule has 136 valence electrons. The van der Waals surface area contributed by atoms with Gasteiger partial charge < -0.3 is 4.90 Å². The Hall–Kier alpha value is -2.94. The number of carbonyl (C=O) groups is 1. The van der Waals surface area contributed by atoms with E-state index in [-0.39, 0.29) is 22.2 Å². The van der Waals surface area contributed by atoms with E-state index in [4.69, 9.17) is 0 Å². The van der Waals surface area contributed by atoms with Crippen molar-refractivity contribution < 1.29 is 18.1 Å². The molecule has 8 nitrogen and oxygen atoms in total. The summed E-state index contributed by atoms with van der Waals surface area (Å²) in [6.45, 7) is 2.44. The highest BCUT2D eigenvalue weighted by Gasteiger charge is 2.24. The van der Waals surface area contributed by atoms with Gasteiger partial charge in [0.25, 0.3) is 15.7 Å². The van der Waals surface area contributed by atoms with Crippen LogP contribution in [0.2, 0.25) is 0 Å². The predicted octanol–water partition coefficient (Wildman–Crippen LogP) is 2.83. The second kappa shape index (κ2) is 6.75. The molecule has 1 aliphatic heterocycles. The molecule has 3 rings (SSSR count). The Morgan fingerprint density at radius 3 is 2.62 bits per heavy atom. The van der Waals surface area contributed by atoms with E-state index in [9.17, 15) is 23.3 Å². The van der Waals surface area contributed by atoms with Gasteiger partial charge in [0.1, 0.15) is 0 Å². The van der Waals surface area contributed by atoms with Gasteiger partial charge in [-0.1, -0.05) is 12.1 Å². The van der Waals surface area contributed by atoms with Gasteiger partial charge in [-0.2, -0.15) is 0 Å². The lowest BCUT2D eigenvalue weighted by atomic mass is 10.1. The molecule has 0 radical (unpaired) electrons. The number of rotatable bonds is 5. The van der Waals surface area contributed by atoms with Gasteiger partial charge in [-0.15, -0.1) is 0 Å². The lowest BCUT2D eigenvalue weighted by molar-refractivity contribution is -0.385. The van der Waals surface area contributed by atoms with Crippen LogP contribution in [0.4, 0.5) is 17.1 Å². The van der Waals surface area contributed by atoms with Crippen LogP contribution in [-0.4, -0.2) is 25.8 Å². The highest BCUT2D eigenvalue weighted by molar-refractivity contribution is 7.92. The van der Waals surface area contributed by atoms with Crippen molar-refractivity contribution in [2.75, 3.05) is 16.2 Å². The van der Waals surface area contributed by atoms with E-state index < -0.39 is 14.9 Å². The first kappa shape index (κ1) is 17.9. The molecule has 1 N–H and O–H groups in total. The van der Waals surface area contributed by atoms with Crippen molar-refractivity contribution in [2.24, 2.45) is 0 Å². The number of amides is 1. The van der Waals surface area contributed by atoms with E-state index in [2.05, 4.69) is 4.72 Å². The molecule has 26 heavy (non-hydrogen) atoms. The number of nitro benzene ring substituents is 1. The molecule has 0 saturated carbocycles. The average molecular weight is 375 g/mol. The smallest absolute Gasteiger partial charge is 0.270 e. The van der Waals surface area contributed by atoms with Crippen LogP contribution in [0.25, 0.3) is 0 Å². The molecule has 1 heterocycles. The number of nitrogens with zero attached hydrogens (tertiary/aromatic N) is 2. The molecule has 0 aliphatic carbocycles. The number of nitro groups is 1. The standard InChI is InChI=1S/C17H17N3O5S/c1-12-7-8-13(10-16(12)19-9-3-6-17(19)21)18-26(24,25)15-5-2-4-14(11-15)20(22)23/h2,4-5,7-8,10-11,18H,3,6,9H2,1H3. The van der Waals surface area contributed by atoms with Gasteiger partial charge >= 0.3 is 0 Å². The normalized spacial score (nSPS) is 14.5. The predicted molar refractivity (Wildman–Crippen MR) is 96.7 cm³/mol. The summed E-state index contributed by atoms with van der Waals surface area (Å²) in [7, 11) is -3.99. The molecule has 1 saturated heterocycles. The SMILES string of the molecule is Cc1ccc(NS(=O)(=O)c2cccc([N+](=O)[O-])c2)cc1N1CCCC1=O. The number of hydrogen-bond donors (Lipinski definition) is 1. The van der Waals surface area contributed by atoms with Crippen molar-refractivity contribution in [3.8, 4) is 0 Å². The summed E-state index contributed by atoms with van der Waals surface area (Å²) in [5.74, 6) is 0.00629. The highest BCUT2D eigenvalue weighted by Crippen LogP contribution is 2.29. The third kappa shape index (κ3) is 3.52. The van der Waals surface area contributed by atoms with Gasteiger partial charge in [-0.05, 0) is 37.1 Å². The third-order valence-corrected chi connectivity index (χ3v) is 5.54. The molecule has 0 bridgehead atoms. The number of anilines is 2. The summed E-state index contributed by atoms with van der Waals surface area (Å²) in [6.07, 6.45) is 1.24. The van der Waals surface area contributed by atoms with Crippen LogP contribution in [-0.2, 0) is 14.8 Å². The van der Waals surface area contributed by atoms with Crippen molar-refractivity contribution in [3.63, 3.8) is 0 Å². The quantitative estimate of drug-likeness (QED) is 0.638. The van der Waals surface area contributed by atoms with Crippen molar-refractivity contribution in [1.82, 2.24) is 0 Å². The van der Waals surface area contributed by atoms with Crippen LogP contribution in [0.5, 0.6) is 0 Å². The van der Waals surface area contributed by atoms with Crippen molar-refractivity contribution >= 4 is 33.0 Å². The fourth-order valence-corrected chi connectivity index (χ4v) is 3.93. The number of hydrogen-bond acceptors (Lipinski definition) is 5. The monoisotopic (exact) mass is 375 g/mol. The number of aryl methyl sites for hydroxylation is 1. The lowest BCUT2D eigenvalue weighted by Gasteiger charge is -2.19. The van der Waals surface area contributed by atoms with Gasteiger partial charge in [0.15, 0.2) is 0 Å². The Morgan fingerprint density at radius 1 is 1.19 bits per heavy atom. The second-order valence-corrected chi connectivity index (χ2v) is 7.69. The van der Waals surface area contributed by atoms with Gasteiger partial charge in [0.2, 0.25) is 5.91 Å². The first-order valence-electron chi connectivity index (χ1n) is 7.96. The van der Waals surface area contributed by atoms with Gasteiger partial charge in [-0.25, -0.2) is 8.42 Å². The van der Waals surface area contributed by atoms with Crippen LogP contribution in [0.1, 0.15) is 18.4 Å². The first-order chi connectivity index (χ1) is 12.3. The minimum Gasteiger partial charge on any atom is -0.312 e. The fourth-order valence-electron chi connectivity index (χ4n) is 2.84. The molecule has 0 spiro atoms. The molecule has 1 fully saturated rings. The topological polar surface area (TPSA) is 110 Å². The van der Waals surface area contributed by atoms with E-state index in [0.717, 1.165) is 18.1 Å². The molecule has 1 amide bonds. The molecule has 2 aromatic rings. The van der Waals surface area contributed by atoms with Crippen LogP contribution >= 0.6 is 0 Å². The van der Waals surface area contributed by atoms with E-state index >= 15 is 0 Å². The van der Waals surface area contributed by atoms with E-state index in [1.165, 1.54) is 18.2 Å². The zero-order valence-corrected chi connectivity index (χ0v) is 14.8. The molecule has 9 heteroatoms. The Labute approximate surface area is 150 Å². The molecule has 0 atom stereocenters. The largest absolute Gasteiger partial charge is 0.312 e. The maximum atomic E-state index is 12.5. The van der Waals surface area contributed by atoms with E-state index in [1.807, 2.05) is 6.92 Å². The molecule has 2 aromatic carbocycles. The second-order valence-electron chi connectivity index (χ2n) is 6.01. The van der Waals surface area contributed by atoms with Gasteiger partial charge in [0.05, 0.1) is 15.5 Å². The van der Waals surface area contributed by atoms with Crippen LogP contribution in [0.15, 0.2) is 47.4 Å². The molecule has 1 aliphatic rings. The van der Waals surface area contributed by atoms with E-state index in [1.54, 1.807) is 23.1 Å². The average Bonchev–Trinajstić information content (AvgIpc) is 3.02. The van der Waals surface area contributed by atoms with Gasteiger partial charge in [0, 0.05) is 30.8 Å². The molecular formula is C17H17N3O5S. The minimum absolute atomic E-state index is 0.00629. The summed E-state index contributed by atoms with van der Waals surface area (Å²) < 4.78 is 27.5. The van der Waals surface area contributed by atoms with Gasteiger partial charge in [-0.3, -0.25) is 19.6 Å². The Bertz CT molecular complexity index is 988. The highest BCUT2D eigenvalue weighted by atomic mass is 32.2. The van der Waals surface area contributed by atoms with E-state index in [0.29, 0.717) is 18.7 Å². The van der Waals surface area contributed by atoms with Crippen molar-refractivity contribution in [3.05, 3.63) is 58.1 Å². The minimum atomic E-state index is -3.99. The Morgan fingerprint density at radius 2 is 1.96 bits per heavy atom. The fraction of sp³-hybridized carbons (Fsp3) is 0.235. The molecule has 0 aromatic heterocycles. The number of nitrogens with one attached hydrogen (secondary N) is 1. The zero-order valence-electron chi connectivity index (χ0n) is 14.0. The number of non-ortho nitro benzene ring substituents is 1. The number of sulfonamides is 1. The summed E-state index contributed by atoms with van der Waals surface area (Å²) >= 11 is 0. The summed E-state index contributed by atoms with van der Waals surface area (Å²) in [5.41, 5.74) is 1.50. The number of carbonyl (C=O) groups excluding carboxylic acids is 1. The maximum absolute atomic E-state index is 12.5. The first-order valence-corrected chi connectivity index (χ1v) is 9.44. The maximum Gasteiger partial charge on any atom is 0.270 e. The van der Waals surface area contributed by atoms with Crippen LogP contribution in [0.3, 0.4) is 0 Å². The Balaban J connectivity index is 1.92. The van der Waals surface area contributed by atoms with Crippen LogP contribution in [0, 0.1) is 17.0 Å². The third-order valence-electron chi connectivity index (χ3n) is 4.16. The lowest BCUT2D eigenvalue weighted by Crippen LogP contribution is -2.24. The number of benzene rings is 2. The summed E-state index contributed by atoms with van der Waals surface area (Å²) in [5, 5.41) is 10.9. The zero-order chi connectivity index (χ0) is 18.9. The Kier molecular flexibility index (Phi) is 4.64. The molecular weight excluding hydrogens is 358 g/mol. The van der Waals surface area contributed by atoms with Crippen molar-refractivity contribution in [2.45, 2.75) is 24.7 Å². The summed E-state index contributed by atoms with van der Waals surface area (Å²) in [6, 6.07) is 9.75. The molecule has 0 unspecified atom stereocenters. The van der Waals surface area contributed by atoms with Crippen LogP contribution < -0.4 is 9.62 Å². The summed E-state index contributed by atoms with van der Waals surface area (Å²) in [4.78, 5) is 23.6. The van der Waals surface area contributed by atoms with Crippen molar-refractivity contribution in [1.29, 1.82) is 0 Å².